The molecule has 26 heavy (non-hydrogen) atoms. The second-order valence-electron chi connectivity index (χ2n) is 6.41. The molecule has 2 aliphatic rings. The van der Waals surface area contributed by atoms with Gasteiger partial charge in [-0.1, -0.05) is 24.3 Å². The Hall–Kier alpha value is -2.02. The monoisotopic (exact) mass is 359 g/mol. The maximum absolute atomic E-state index is 10.8. The average molecular weight is 359 g/mol. The van der Waals surface area contributed by atoms with E-state index in [0.29, 0.717) is 5.39 Å². The largest absolute Gasteiger partial charge is 0.476 e. The summed E-state index contributed by atoms with van der Waals surface area (Å²) < 4.78 is 16.6. The summed E-state index contributed by atoms with van der Waals surface area (Å²) >= 11 is 0. The number of nitrogens with zero attached hydrogens (tertiary/aromatic N) is 1. The molecule has 1 aromatic carbocycles. The number of aromatic carboxylic acids is 1. The molecule has 4 rings (SSSR count). The molecule has 0 spiro atoms. The van der Waals surface area contributed by atoms with E-state index in [1.54, 1.807) is 18.2 Å². The van der Waals surface area contributed by atoms with Gasteiger partial charge in [0, 0.05) is 24.8 Å². The Morgan fingerprint density at radius 3 is 2.23 bits per heavy atom. The highest BCUT2D eigenvalue weighted by molar-refractivity contribution is 6.01. The van der Waals surface area contributed by atoms with Crippen LogP contribution in [-0.4, -0.2) is 41.9 Å². The van der Waals surface area contributed by atoms with Gasteiger partial charge in [0.05, 0.1) is 0 Å². The number of carboxylic acid groups (broad SMARTS) is 1. The topological polar surface area (TPSA) is 77.9 Å². The van der Waals surface area contributed by atoms with Gasteiger partial charge < -0.3 is 19.3 Å². The fraction of sp³-hybridized carbons (Fsp3) is 0.500. The molecule has 2 fully saturated rings. The second kappa shape index (κ2) is 9.62. The Labute approximate surface area is 153 Å². The van der Waals surface area contributed by atoms with Crippen molar-refractivity contribution in [1.82, 2.24) is 4.98 Å². The van der Waals surface area contributed by atoms with Crippen LogP contribution >= 0.6 is 0 Å². The summed E-state index contributed by atoms with van der Waals surface area (Å²) in [6.07, 6.45) is 8.34. The molecule has 2 aromatic rings. The van der Waals surface area contributed by atoms with E-state index in [-0.39, 0.29) is 18.3 Å². The summed E-state index contributed by atoms with van der Waals surface area (Å²) in [5, 5.41) is 10.4. The highest BCUT2D eigenvalue weighted by Crippen LogP contribution is 2.20. The van der Waals surface area contributed by atoms with Gasteiger partial charge in [-0.05, 0) is 50.0 Å². The quantitative estimate of drug-likeness (QED) is 0.893. The molecule has 2 aliphatic heterocycles. The first-order valence-corrected chi connectivity index (χ1v) is 9.20. The molecule has 0 bridgehead atoms. The fourth-order valence-corrected chi connectivity index (χ4v) is 3.10. The Kier molecular flexibility index (Phi) is 6.94. The molecule has 2 saturated heterocycles. The highest BCUT2D eigenvalue weighted by atomic mass is 16.8. The third-order valence-electron chi connectivity index (χ3n) is 4.46. The molecule has 6 heteroatoms. The maximum Gasteiger partial charge on any atom is 0.355 e. The van der Waals surface area contributed by atoms with Crippen molar-refractivity contribution in [3.63, 3.8) is 0 Å². The number of benzene rings is 1. The number of rotatable bonds is 3. The van der Waals surface area contributed by atoms with Crippen molar-refractivity contribution < 1.29 is 24.1 Å². The molecule has 1 N–H and O–H groups in total. The van der Waals surface area contributed by atoms with Crippen LogP contribution in [0.25, 0.3) is 10.8 Å². The van der Waals surface area contributed by atoms with E-state index in [2.05, 4.69) is 4.98 Å². The number of hydrogen-bond acceptors (Lipinski definition) is 5. The van der Waals surface area contributed by atoms with Crippen LogP contribution in [0.3, 0.4) is 0 Å². The van der Waals surface area contributed by atoms with Gasteiger partial charge in [-0.3, -0.25) is 0 Å². The molecule has 0 radical (unpaired) electrons. The molecule has 3 heterocycles. The lowest BCUT2D eigenvalue weighted by Crippen LogP contribution is -2.31. The van der Waals surface area contributed by atoms with Crippen molar-refractivity contribution in [2.75, 3.05) is 13.2 Å². The van der Waals surface area contributed by atoms with Crippen molar-refractivity contribution in [1.29, 1.82) is 0 Å². The van der Waals surface area contributed by atoms with Crippen molar-refractivity contribution in [2.24, 2.45) is 0 Å². The zero-order valence-electron chi connectivity index (χ0n) is 14.8. The number of hydrogen-bond donors (Lipinski definition) is 1. The Morgan fingerprint density at radius 1 is 1.00 bits per heavy atom. The van der Waals surface area contributed by atoms with Crippen LogP contribution < -0.4 is 0 Å². The molecule has 2 unspecified atom stereocenters. The van der Waals surface area contributed by atoms with E-state index in [0.717, 1.165) is 31.4 Å². The normalized spacial score (nSPS) is 23.1. The van der Waals surface area contributed by atoms with Gasteiger partial charge in [-0.2, -0.15) is 0 Å². The molecular weight excluding hydrogens is 334 g/mol. The summed E-state index contributed by atoms with van der Waals surface area (Å²) in [5.41, 5.74) is 0.109. The van der Waals surface area contributed by atoms with Crippen LogP contribution in [0.15, 0.2) is 36.5 Å². The lowest BCUT2D eigenvalue weighted by molar-refractivity contribution is -0.264. The van der Waals surface area contributed by atoms with Crippen molar-refractivity contribution >= 4 is 16.7 Å². The van der Waals surface area contributed by atoms with E-state index in [9.17, 15) is 4.79 Å². The molecule has 140 valence electrons. The number of ether oxygens (including phenoxy) is 3. The Morgan fingerprint density at radius 2 is 1.65 bits per heavy atom. The third kappa shape index (κ3) is 5.24. The van der Waals surface area contributed by atoms with Crippen LogP contribution in [0.4, 0.5) is 0 Å². The van der Waals surface area contributed by atoms with Gasteiger partial charge in [0.2, 0.25) is 0 Å². The molecule has 0 saturated carbocycles. The van der Waals surface area contributed by atoms with Gasteiger partial charge in [-0.15, -0.1) is 0 Å². The first kappa shape index (κ1) is 18.8. The van der Waals surface area contributed by atoms with Gasteiger partial charge in [0.15, 0.2) is 18.3 Å². The molecule has 0 amide bonds. The van der Waals surface area contributed by atoms with Crippen molar-refractivity contribution in [3.8, 4) is 0 Å². The smallest absolute Gasteiger partial charge is 0.355 e. The van der Waals surface area contributed by atoms with Gasteiger partial charge >= 0.3 is 5.97 Å². The predicted molar refractivity (Wildman–Crippen MR) is 97.0 cm³/mol. The molecule has 6 nitrogen and oxygen atoms in total. The van der Waals surface area contributed by atoms with E-state index in [1.165, 1.54) is 31.9 Å². The second-order valence-corrected chi connectivity index (χ2v) is 6.41. The summed E-state index contributed by atoms with van der Waals surface area (Å²) in [6.45, 7) is 1.69. The van der Waals surface area contributed by atoms with Gasteiger partial charge in [-0.25, -0.2) is 9.78 Å². The first-order chi connectivity index (χ1) is 12.7. The zero-order chi connectivity index (χ0) is 18.2. The molecular formula is C20H25NO5. The van der Waals surface area contributed by atoms with Crippen LogP contribution in [-0.2, 0) is 14.2 Å². The zero-order valence-corrected chi connectivity index (χ0v) is 14.8. The Bertz CT molecular complexity index is 687. The molecule has 2 atom stereocenters. The number of fused-ring (bicyclic) bond motifs is 1. The van der Waals surface area contributed by atoms with Crippen LogP contribution in [0.5, 0.6) is 0 Å². The van der Waals surface area contributed by atoms with Crippen LogP contribution in [0, 0.1) is 0 Å². The van der Waals surface area contributed by atoms with Gasteiger partial charge in [0.25, 0.3) is 0 Å². The molecule has 0 aliphatic carbocycles. The van der Waals surface area contributed by atoms with E-state index >= 15 is 0 Å². The van der Waals surface area contributed by atoms with E-state index in [4.69, 9.17) is 19.3 Å². The van der Waals surface area contributed by atoms with E-state index in [1.807, 2.05) is 12.1 Å². The van der Waals surface area contributed by atoms with Gasteiger partial charge in [0.1, 0.15) is 0 Å². The van der Waals surface area contributed by atoms with Crippen LogP contribution in [0.1, 0.15) is 49.0 Å². The Balaban J connectivity index is 0.000000151. The number of carbonyl (C=O) groups is 1. The molecule has 1 aromatic heterocycles. The minimum Gasteiger partial charge on any atom is -0.476 e. The third-order valence-corrected chi connectivity index (χ3v) is 4.46. The fourth-order valence-electron chi connectivity index (χ4n) is 3.10. The summed E-state index contributed by atoms with van der Waals surface area (Å²) in [4.78, 5) is 14.6. The summed E-state index contributed by atoms with van der Waals surface area (Å²) in [5.74, 6) is -0.989. The SMILES string of the molecule is C1CCC(OC2CCCCO2)OC1.O=C(O)c1nccc2ccccc12. The van der Waals surface area contributed by atoms with Crippen molar-refractivity contribution in [2.45, 2.75) is 51.1 Å². The lowest BCUT2D eigenvalue weighted by Gasteiger charge is -2.29. The van der Waals surface area contributed by atoms with Crippen molar-refractivity contribution in [3.05, 3.63) is 42.2 Å². The minimum atomic E-state index is -0.989. The number of pyridine rings is 1. The minimum absolute atomic E-state index is 0.00292. The summed E-state index contributed by atoms with van der Waals surface area (Å²) in [7, 11) is 0. The summed E-state index contributed by atoms with van der Waals surface area (Å²) in [6, 6.07) is 9.08. The standard InChI is InChI=1S/C10H7NO2.C10H18O3/c12-10(13)9-8-4-2-1-3-7(8)5-6-11-9;1-3-7-11-9(5-1)13-10-6-2-4-8-12-10/h1-6H,(H,12,13);9-10H,1-8H2. The maximum atomic E-state index is 10.8. The highest BCUT2D eigenvalue weighted by Gasteiger charge is 2.21. The first-order valence-electron chi connectivity index (χ1n) is 9.20. The van der Waals surface area contributed by atoms with E-state index < -0.39 is 5.97 Å². The average Bonchev–Trinajstić information content (AvgIpc) is 2.69. The van der Waals surface area contributed by atoms with Crippen LogP contribution in [0.2, 0.25) is 0 Å². The number of aromatic nitrogens is 1. The predicted octanol–water partition coefficient (Wildman–Crippen LogP) is 3.99. The number of carboxylic acids is 1. The lowest BCUT2D eigenvalue weighted by atomic mass is 10.1.